The predicted molar refractivity (Wildman–Crippen MR) is 95.0 cm³/mol. The summed E-state index contributed by atoms with van der Waals surface area (Å²) in [4.78, 5) is 4.45. The molecule has 110 valence electrons. The van der Waals surface area contributed by atoms with Crippen LogP contribution in [-0.4, -0.2) is 14.1 Å². The second-order valence-electron chi connectivity index (χ2n) is 5.29. The number of anilines is 2. The summed E-state index contributed by atoms with van der Waals surface area (Å²) in [6, 6.07) is 20.9. The number of hydrogen-bond donors (Lipinski definition) is 0. The minimum atomic E-state index is 1.16. The largest absolute Gasteiger partial charge is 0.330 e. The molecule has 3 rings (SSSR count). The lowest BCUT2D eigenvalue weighted by atomic mass is 10.2. The number of benzene rings is 2. The predicted octanol–water partition coefficient (Wildman–Crippen LogP) is 4.60. The fourth-order valence-corrected chi connectivity index (χ4v) is 2.68. The number of hydrogen-bond acceptors (Lipinski definition) is 2. The van der Waals surface area contributed by atoms with E-state index in [0.29, 0.717) is 0 Å². The van der Waals surface area contributed by atoms with Gasteiger partial charge in [-0.05, 0) is 24.3 Å². The van der Waals surface area contributed by atoms with Crippen LogP contribution in [0.2, 0.25) is 0 Å². The van der Waals surface area contributed by atoms with Crippen molar-refractivity contribution in [3.63, 3.8) is 0 Å². The molecule has 0 heterocycles. The molecule has 0 bridgehead atoms. The van der Waals surface area contributed by atoms with Crippen LogP contribution in [0.4, 0.5) is 11.4 Å². The zero-order valence-electron chi connectivity index (χ0n) is 13.0. The molecule has 0 saturated heterocycles. The van der Waals surface area contributed by atoms with E-state index in [4.69, 9.17) is 0 Å². The maximum absolute atomic E-state index is 2.22. The number of para-hydroxylation sites is 2. The van der Waals surface area contributed by atoms with Gasteiger partial charge in [-0.25, -0.2) is 0 Å². The van der Waals surface area contributed by atoms with Crippen LogP contribution in [0.5, 0.6) is 0 Å². The molecule has 0 fully saturated rings. The molecule has 22 heavy (non-hydrogen) atoms. The van der Waals surface area contributed by atoms with Crippen molar-refractivity contribution in [2.75, 3.05) is 23.9 Å². The average Bonchev–Trinajstić information content (AvgIpc) is 3.10. The van der Waals surface area contributed by atoms with Crippen molar-refractivity contribution >= 4 is 11.4 Å². The van der Waals surface area contributed by atoms with E-state index < -0.39 is 0 Å². The zero-order valence-corrected chi connectivity index (χ0v) is 13.0. The van der Waals surface area contributed by atoms with Crippen LogP contribution < -0.4 is 9.80 Å². The average molecular weight is 288 g/mol. The van der Waals surface area contributed by atoms with E-state index in [1.54, 1.807) is 0 Å². The highest BCUT2D eigenvalue weighted by atomic mass is 15.3. The number of allylic oxidation sites excluding steroid dienone is 5. The van der Waals surface area contributed by atoms with E-state index in [1.807, 2.05) is 12.1 Å². The fraction of sp³-hybridized carbons (Fsp3) is 0.100. The Hall–Kier alpha value is -2.74. The van der Waals surface area contributed by atoms with Gasteiger partial charge in [0.2, 0.25) is 0 Å². The fourth-order valence-electron chi connectivity index (χ4n) is 2.68. The van der Waals surface area contributed by atoms with Crippen molar-refractivity contribution in [1.82, 2.24) is 0 Å². The molecule has 0 aromatic heterocycles. The Balaban J connectivity index is 2.04. The van der Waals surface area contributed by atoms with Gasteiger partial charge in [-0.3, -0.25) is 0 Å². The van der Waals surface area contributed by atoms with Crippen molar-refractivity contribution < 1.29 is 0 Å². The van der Waals surface area contributed by atoms with Crippen LogP contribution in [0.15, 0.2) is 96.4 Å². The van der Waals surface area contributed by atoms with Crippen LogP contribution >= 0.6 is 0 Å². The molecule has 0 N–H and O–H groups in total. The van der Waals surface area contributed by atoms with Gasteiger partial charge in [0, 0.05) is 31.0 Å². The lowest BCUT2D eigenvalue weighted by Gasteiger charge is -2.32. The first-order valence-corrected chi connectivity index (χ1v) is 7.44. The molecule has 0 amide bonds. The third-order valence-electron chi connectivity index (χ3n) is 3.84. The van der Waals surface area contributed by atoms with Crippen molar-refractivity contribution in [3.8, 4) is 0 Å². The maximum atomic E-state index is 2.22. The molecule has 0 radical (unpaired) electrons. The van der Waals surface area contributed by atoms with Gasteiger partial charge in [0.1, 0.15) is 5.82 Å². The van der Waals surface area contributed by atoms with Gasteiger partial charge in [0.15, 0.2) is 0 Å². The molecular weight excluding hydrogens is 268 g/mol. The second kappa shape index (κ2) is 6.35. The highest BCUT2D eigenvalue weighted by molar-refractivity contribution is 5.64. The van der Waals surface area contributed by atoms with Crippen molar-refractivity contribution in [1.29, 1.82) is 0 Å². The van der Waals surface area contributed by atoms with Crippen LogP contribution in [0.3, 0.4) is 0 Å². The molecule has 2 nitrogen and oxygen atoms in total. The normalized spacial score (nSPS) is 12.5. The highest BCUT2D eigenvalue weighted by Gasteiger charge is 2.17. The van der Waals surface area contributed by atoms with Gasteiger partial charge in [0.05, 0.1) is 0 Å². The van der Waals surface area contributed by atoms with E-state index in [9.17, 15) is 0 Å². The topological polar surface area (TPSA) is 6.48 Å². The van der Waals surface area contributed by atoms with E-state index in [1.165, 1.54) is 16.9 Å². The summed E-state index contributed by atoms with van der Waals surface area (Å²) in [5.74, 6) is 1.16. The van der Waals surface area contributed by atoms with Gasteiger partial charge < -0.3 is 9.80 Å². The molecule has 0 saturated carbocycles. The van der Waals surface area contributed by atoms with Gasteiger partial charge in [-0.1, -0.05) is 60.7 Å². The summed E-state index contributed by atoms with van der Waals surface area (Å²) in [5, 5.41) is 0. The molecule has 2 heteroatoms. The minimum Gasteiger partial charge on any atom is -0.330 e. The smallest absolute Gasteiger partial charge is 0.120 e. The van der Waals surface area contributed by atoms with E-state index in [0.717, 1.165) is 5.82 Å². The Kier molecular flexibility index (Phi) is 4.10. The molecular formula is C20H20N2. The molecule has 2 aromatic carbocycles. The Labute approximate surface area is 132 Å². The molecule has 0 atom stereocenters. The van der Waals surface area contributed by atoms with Crippen LogP contribution in [0.1, 0.15) is 0 Å². The van der Waals surface area contributed by atoms with Crippen LogP contribution in [-0.2, 0) is 0 Å². The second-order valence-corrected chi connectivity index (χ2v) is 5.29. The first-order chi connectivity index (χ1) is 10.8. The first-order valence-electron chi connectivity index (χ1n) is 7.44. The van der Waals surface area contributed by atoms with Crippen molar-refractivity contribution in [2.24, 2.45) is 0 Å². The molecule has 1 aliphatic carbocycles. The standard InChI is InChI=1S/C20H20N2/c1-21(18-13-5-3-6-14-18)20(17-11-9-10-12-17)22(2)19-15-7-4-8-16-19/h3-16H,1-2H3. The van der Waals surface area contributed by atoms with Gasteiger partial charge in [-0.15, -0.1) is 0 Å². The van der Waals surface area contributed by atoms with Crippen LogP contribution in [0, 0.1) is 0 Å². The molecule has 1 aliphatic rings. The zero-order chi connectivity index (χ0) is 15.4. The van der Waals surface area contributed by atoms with E-state index in [-0.39, 0.29) is 0 Å². The summed E-state index contributed by atoms with van der Waals surface area (Å²) in [6.45, 7) is 0. The maximum Gasteiger partial charge on any atom is 0.120 e. The molecule has 0 unspecified atom stereocenters. The number of nitrogens with zero attached hydrogens (tertiary/aromatic N) is 2. The Bertz CT molecular complexity index is 650. The Morgan fingerprint density at radius 2 is 1.05 bits per heavy atom. The van der Waals surface area contributed by atoms with E-state index in [2.05, 4.69) is 96.7 Å². The van der Waals surface area contributed by atoms with Gasteiger partial charge >= 0.3 is 0 Å². The Morgan fingerprint density at radius 1 is 0.636 bits per heavy atom. The quantitative estimate of drug-likeness (QED) is 0.811. The highest BCUT2D eigenvalue weighted by Crippen LogP contribution is 2.27. The summed E-state index contributed by atoms with van der Waals surface area (Å²) in [5.41, 5.74) is 3.54. The monoisotopic (exact) mass is 288 g/mol. The number of rotatable bonds is 4. The van der Waals surface area contributed by atoms with Gasteiger partial charge in [-0.2, -0.15) is 0 Å². The molecule has 0 aliphatic heterocycles. The molecule has 2 aromatic rings. The molecule has 0 spiro atoms. The van der Waals surface area contributed by atoms with Crippen LogP contribution in [0.25, 0.3) is 0 Å². The lowest BCUT2D eigenvalue weighted by molar-refractivity contribution is 0.966. The van der Waals surface area contributed by atoms with Crippen molar-refractivity contribution in [2.45, 2.75) is 0 Å². The lowest BCUT2D eigenvalue weighted by Crippen LogP contribution is -2.31. The summed E-state index contributed by atoms with van der Waals surface area (Å²) in [6.07, 6.45) is 8.45. The summed E-state index contributed by atoms with van der Waals surface area (Å²) < 4.78 is 0. The first kappa shape index (κ1) is 14.2. The van der Waals surface area contributed by atoms with Crippen molar-refractivity contribution in [3.05, 3.63) is 96.4 Å². The summed E-state index contributed by atoms with van der Waals surface area (Å²) >= 11 is 0. The minimum absolute atomic E-state index is 1.16. The van der Waals surface area contributed by atoms with E-state index >= 15 is 0 Å². The van der Waals surface area contributed by atoms with Gasteiger partial charge in [0.25, 0.3) is 0 Å². The SMILES string of the molecule is CN(C(=C1C=CC=C1)N(C)c1ccccc1)c1ccccc1. The third kappa shape index (κ3) is 2.82. The Morgan fingerprint density at radius 3 is 1.45 bits per heavy atom. The third-order valence-corrected chi connectivity index (χ3v) is 3.84. The summed E-state index contributed by atoms with van der Waals surface area (Å²) in [7, 11) is 4.22.